The first kappa shape index (κ1) is 20.2. The SMILES string of the molecule is CC[C@H](C)NC(=O)COC(=O)c1ccccc1NC(=O)Cc1ccccc1. The Morgan fingerprint density at radius 3 is 2.33 bits per heavy atom. The van der Waals surface area contributed by atoms with E-state index < -0.39 is 5.97 Å². The van der Waals surface area contributed by atoms with Crippen LogP contribution in [0.4, 0.5) is 5.69 Å². The molecule has 2 N–H and O–H groups in total. The summed E-state index contributed by atoms with van der Waals surface area (Å²) < 4.78 is 5.07. The fraction of sp³-hybridized carbons (Fsp3) is 0.286. The number of esters is 1. The van der Waals surface area contributed by atoms with Gasteiger partial charge in [-0.05, 0) is 31.0 Å². The van der Waals surface area contributed by atoms with Crippen molar-refractivity contribution in [1.82, 2.24) is 5.32 Å². The Morgan fingerprint density at radius 1 is 0.963 bits per heavy atom. The van der Waals surface area contributed by atoms with Crippen LogP contribution in [0.1, 0.15) is 36.2 Å². The molecule has 2 aromatic carbocycles. The van der Waals surface area contributed by atoms with Gasteiger partial charge in [-0.2, -0.15) is 0 Å². The standard InChI is InChI=1S/C21H24N2O4/c1-3-15(2)22-20(25)14-27-21(26)17-11-7-8-12-18(17)23-19(24)13-16-9-5-4-6-10-16/h4-12,15H,3,13-14H2,1-2H3,(H,22,25)(H,23,24)/t15-/m0/s1. The smallest absolute Gasteiger partial charge is 0.340 e. The molecule has 2 amide bonds. The second-order valence-corrected chi connectivity index (χ2v) is 6.21. The number of carbonyl (C=O) groups excluding carboxylic acids is 3. The molecule has 0 aliphatic heterocycles. The average molecular weight is 368 g/mol. The van der Waals surface area contributed by atoms with Crippen molar-refractivity contribution in [1.29, 1.82) is 0 Å². The number of hydrogen-bond acceptors (Lipinski definition) is 4. The van der Waals surface area contributed by atoms with Gasteiger partial charge >= 0.3 is 5.97 Å². The van der Waals surface area contributed by atoms with Crippen LogP contribution in [-0.4, -0.2) is 30.4 Å². The molecule has 142 valence electrons. The molecule has 0 aliphatic carbocycles. The zero-order chi connectivity index (χ0) is 19.6. The van der Waals surface area contributed by atoms with Gasteiger partial charge in [0.05, 0.1) is 17.7 Å². The van der Waals surface area contributed by atoms with E-state index in [4.69, 9.17) is 4.74 Å². The van der Waals surface area contributed by atoms with Gasteiger partial charge in [0, 0.05) is 6.04 Å². The van der Waals surface area contributed by atoms with Gasteiger partial charge in [0.25, 0.3) is 5.91 Å². The van der Waals surface area contributed by atoms with Crippen molar-refractivity contribution in [2.45, 2.75) is 32.7 Å². The number of hydrogen-bond donors (Lipinski definition) is 2. The molecule has 0 spiro atoms. The zero-order valence-corrected chi connectivity index (χ0v) is 15.5. The molecular formula is C21H24N2O4. The maximum Gasteiger partial charge on any atom is 0.340 e. The highest BCUT2D eigenvalue weighted by Gasteiger charge is 2.16. The number of benzene rings is 2. The normalized spacial score (nSPS) is 11.3. The third-order valence-corrected chi connectivity index (χ3v) is 3.98. The molecule has 0 radical (unpaired) electrons. The van der Waals surface area contributed by atoms with Gasteiger partial charge in [0.15, 0.2) is 6.61 Å². The van der Waals surface area contributed by atoms with E-state index in [0.717, 1.165) is 12.0 Å². The van der Waals surface area contributed by atoms with Crippen LogP contribution >= 0.6 is 0 Å². The molecule has 1 atom stereocenters. The number of rotatable bonds is 8. The summed E-state index contributed by atoms with van der Waals surface area (Å²) in [6.45, 7) is 3.46. The van der Waals surface area contributed by atoms with Gasteiger partial charge in [-0.25, -0.2) is 4.79 Å². The lowest BCUT2D eigenvalue weighted by Crippen LogP contribution is -2.35. The van der Waals surface area contributed by atoms with Crippen LogP contribution in [0, 0.1) is 0 Å². The lowest BCUT2D eigenvalue weighted by Gasteiger charge is -2.13. The Hall–Kier alpha value is -3.15. The first-order valence-electron chi connectivity index (χ1n) is 8.89. The molecule has 0 bridgehead atoms. The van der Waals surface area contributed by atoms with E-state index in [0.29, 0.717) is 5.69 Å². The van der Waals surface area contributed by atoms with Crippen molar-refractivity contribution in [2.24, 2.45) is 0 Å². The highest BCUT2D eigenvalue weighted by atomic mass is 16.5. The summed E-state index contributed by atoms with van der Waals surface area (Å²) in [7, 11) is 0. The van der Waals surface area contributed by atoms with E-state index in [9.17, 15) is 14.4 Å². The summed E-state index contributed by atoms with van der Waals surface area (Å²) >= 11 is 0. The zero-order valence-electron chi connectivity index (χ0n) is 15.5. The maximum atomic E-state index is 12.3. The Balaban J connectivity index is 1.96. The topological polar surface area (TPSA) is 84.5 Å². The summed E-state index contributed by atoms with van der Waals surface area (Å²) in [5, 5.41) is 5.45. The molecule has 0 heterocycles. The Morgan fingerprint density at radius 2 is 1.63 bits per heavy atom. The van der Waals surface area contributed by atoms with Crippen LogP contribution in [0.3, 0.4) is 0 Å². The third kappa shape index (κ3) is 6.58. The van der Waals surface area contributed by atoms with Crippen molar-refractivity contribution >= 4 is 23.5 Å². The fourth-order valence-electron chi connectivity index (χ4n) is 2.37. The molecule has 0 unspecified atom stereocenters. The highest BCUT2D eigenvalue weighted by Crippen LogP contribution is 2.17. The van der Waals surface area contributed by atoms with Crippen LogP contribution in [0.5, 0.6) is 0 Å². The third-order valence-electron chi connectivity index (χ3n) is 3.98. The minimum atomic E-state index is -0.662. The lowest BCUT2D eigenvalue weighted by molar-refractivity contribution is -0.124. The molecule has 2 rings (SSSR count). The average Bonchev–Trinajstić information content (AvgIpc) is 2.67. The summed E-state index contributed by atoms with van der Waals surface area (Å²) in [6, 6.07) is 15.9. The van der Waals surface area contributed by atoms with E-state index in [2.05, 4.69) is 10.6 Å². The van der Waals surface area contributed by atoms with E-state index in [1.165, 1.54) is 0 Å². The Labute approximate surface area is 158 Å². The number of carbonyl (C=O) groups is 3. The summed E-state index contributed by atoms with van der Waals surface area (Å²) in [4.78, 5) is 36.3. The Kier molecular flexibility index (Phi) is 7.55. The highest BCUT2D eigenvalue weighted by molar-refractivity contribution is 6.02. The molecule has 6 nitrogen and oxygen atoms in total. The van der Waals surface area contributed by atoms with Crippen LogP contribution in [-0.2, 0) is 20.7 Å². The summed E-state index contributed by atoms with van der Waals surface area (Å²) in [5.41, 5.74) is 1.43. The molecule has 0 saturated heterocycles. The van der Waals surface area contributed by atoms with Gasteiger partial charge in [-0.3, -0.25) is 9.59 Å². The molecule has 0 saturated carbocycles. The molecule has 27 heavy (non-hydrogen) atoms. The minimum absolute atomic E-state index is 0.0146. The molecule has 0 aromatic heterocycles. The molecular weight excluding hydrogens is 344 g/mol. The maximum absolute atomic E-state index is 12.3. The van der Waals surface area contributed by atoms with E-state index >= 15 is 0 Å². The van der Waals surface area contributed by atoms with Crippen molar-refractivity contribution in [3.63, 3.8) is 0 Å². The van der Waals surface area contributed by atoms with Gasteiger partial charge in [-0.1, -0.05) is 49.4 Å². The predicted molar refractivity (Wildman–Crippen MR) is 103 cm³/mol. The van der Waals surface area contributed by atoms with Gasteiger partial charge in [0.1, 0.15) is 0 Å². The van der Waals surface area contributed by atoms with Crippen LogP contribution in [0.25, 0.3) is 0 Å². The second-order valence-electron chi connectivity index (χ2n) is 6.21. The van der Waals surface area contributed by atoms with Gasteiger partial charge in [0.2, 0.25) is 5.91 Å². The predicted octanol–water partition coefficient (Wildman–Crippen LogP) is 2.94. The van der Waals surface area contributed by atoms with Crippen molar-refractivity contribution in [3.8, 4) is 0 Å². The van der Waals surface area contributed by atoms with E-state index in [1.54, 1.807) is 24.3 Å². The number of amides is 2. The molecule has 0 aliphatic rings. The van der Waals surface area contributed by atoms with Gasteiger partial charge in [-0.15, -0.1) is 0 Å². The number of ether oxygens (including phenoxy) is 1. The number of para-hydroxylation sites is 1. The monoisotopic (exact) mass is 368 g/mol. The fourth-order valence-corrected chi connectivity index (χ4v) is 2.37. The second kappa shape index (κ2) is 10.1. The van der Waals surface area contributed by atoms with Crippen LogP contribution < -0.4 is 10.6 Å². The minimum Gasteiger partial charge on any atom is -0.452 e. The molecule has 2 aromatic rings. The van der Waals surface area contributed by atoms with Crippen molar-refractivity contribution in [2.75, 3.05) is 11.9 Å². The van der Waals surface area contributed by atoms with Crippen molar-refractivity contribution in [3.05, 3.63) is 65.7 Å². The number of nitrogens with one attached hydrogen (secondary N) is 2. The van der Waals surface area contributed by atoms with Gasteiger partial charge < -0.3 is 15.4 Å². The van der Waals surface area contributed by atoms with E-state index in [-0.39, 0.29) is 36.4 Å². The molecule has 0 fully saturated rings. The largest absolute Gasteiger partial charge is 0.452 e. The van der Waals surface area contributed by atoms with Crippen LogP contribution in [0.2, 0.25) is 0 Å². The lowest BCUT2D eigenvalue weighted by atomic mass is 10.1. The quantitative estimate of drug-likeness (QED) is 0.702. The first-order chi connectivity index (χ1) is 13.0. The summed E-state index contributed by atoms with van der Waals surface area (Å²) in [6.07, 6.45) is 0.984. The first-order valence-corrected chi connectivity index (χ1v) is 8.89. The molecule has 6 heteroatoms. The van der Waals surface area contributed by atoms with Crippen LogP contribution in [0.15, 0.2) is 54.6 Å². The van der Waals surface area contributed by atoms with Crippen molar-refractivity contribution < 1.29 is 19.1 Å². The van der Waals surface area contributed by atoms with E-state index in [1.807, 2.05) is 44.2 Å². The summed E-state index contributed by atoms with van der Waals surface area (Å²) in [5.74, 6) is -1.26. The number of anilines is 1. The Bertz CT molecular complexity index is 790.